The van der Waals surface area contributed by atoms with E-state index in [0.717, 1.165) is 0 Å². The third-order valence-electron chi connectivity index (χ3n) is 2.76. The highest BCUT2D eigenvalue weighted by Gasteiger charge is 2.19. The normalized spacial score (nSPS) is 13.1. The molecule has 0 aliphatic carbocycles. The lowest BCUT2D eigenvalue weighted by Crippen LogP contribution is -2.30. The first kappa shape index (κ1) is 15.5. The molecule has 7 nitrogen and oxygen atoms in total. The van der Waals surface area contributed by atoms with E-state index in [4.69, 9.17) is 27.2 Å². The molecule has 4 N–H and O–H groups in total. The third kappa shape index (κ3) is 3.23. The van der Waals surface area contributed by atoms with Crippen molar-refractivity contribution in [3.05, 3.63) is 29.4 Å². The number of primary amides is 1. The number of pyridine rings is 1. The SMILES string of the molecule is CC(Oc1ccc(S(N)(=O)=O)c2ccc(Cl)nc12)C(N)=O. The molecule has 1 heterocycles. The molecule has 9 heteroatoms. The minimum atomic E-state index is -3.93. The summed E-state index contributed by atoms with van der Waals surface area (Å²) in [6.45, 7) is 1.46. The van der Waals surface area contributed by atoms with E-state index < -0.39 is 22.0 Å². The van der Waals surface area contributed by atoms with Crippen molar-refractivity contribution in [3.8, 4) is 5.75 Å². The van der Waals surface area contributed by atoms with E-state index in [-0.39, 0.29) is 26.7 Å². The summed E-state index contributed by atoms with van der Waals surface area (Å²) in [7, 11) is -3.93. The molecule has 1 aromatic heterocycles. The maximum absolute atomic E-state index is 11.6. The maximum Gasteiger partial charge on any atom is 0.258 e. The van der Waals surface area contributed by atoms with Gasteiger partial charge in [-0.2, -0.15) is 0 Å². The minimum absolute atomic E-state index is 0.110. The van der Waals surface area contributed by atoms with Gasteiger partial charge < -0.3 is 10.5 Å². The van der Waals surface area contributed by atoms with E-state index >= 15 is 0 Å². The van der Waals surface area contributed by atoms with Crippen LogP contribution in [0.2, 0.25) is 5.15 Å². The van der Waals surface area contributed by atoms with Gasteiger partial charge in [0.15, 0.2) is 6.10 Å². The van der Waals surface area contributed by atoms with Crippen molar-refractivity contribution < 1.29 is 17.9 Å². The monoisotopic (exact) mass is 329 g/mol. The molecule has 0 saturated heterocycles. The van der Waals surface area contributed by atoms with E-state index in [9.17, 15) is 13.2 Å². The number of primary sulfonamides is 1. The zero-order valence-corrected chi connectivity index (χ0v) is 12.5. The lowest BCUT2D eigenvalue weighted by atomic mass is 10.2. The highest BCUT2D eigenvalue weighted by molar-refractivity contribution is 7.89. The predicted molar refractivity (Wildman–Crippen MR) is 77.4 cm³/mol. The Balaban J connectivity index is 2.69. The number of fused-ring (bicyclic) bond motifs is 1. The molecule has 0 bridgehead atoms. The number of hydrogen-bond acceptors (Lipinski definition) is 5. The van der Waals surface area contributed by atoms with Gasteiger partial charge in [-0.3, -0.25) is 4.79 Å². The fourth-order valence-electron chi connectivity index (χ4n) is 1.73. The summed E-state index contributed by atoms with van der Waals surface area (Å²) in [5.74, 6) is -0.480. The first-order chi connectivity index (χ1) is 9.70. The second-order valence-electron chi connectivity index (χ2n) is 4.30. The highest BCUT2D eigenvalue weighted by Crippen LogP contribution is 2.31. The number of nitrogens with zero attached hydrogens (tertiary/aromatic N) is 1. The number of benzene rings is 1. The number of rotatable bonds is 4. The van der Waals surface area contributed by atoms with E-state index in [2.05, 4.69) is 4.98 Å². The Morgan fingerprint density at radius 2 is 2.00 bits per heavy atom. The van der Waals surface area contributed by atoms with Crippen molar-refractivity contribution in [3.63, 3.8) is 0 Å². The molecule has 1 atom stereocenters. The van der Waals surface area contributed by atoms with Crippen molar-refractivity contribution in [2.45, 2.75) is 17.9 Å². The predicted octanol–water partition coefficient (Wildman–Crippen LogP) is 0.788. The average molecular weight is 330 g/mol. The van der Waals surface area contributed by atoms with Gasteiger partial charge in [0, 0.05) is 5.39 Å². The molecule has 1 unspecified atom stereocenters. The van der Waals surface area contributed by atoms with Crippen LogP contribution in [0.15, 0.2) is 29.2 Å². The van der Waals surface area contributed by atoms with Gasteiger partial charge in [0.05, 0.1) is 4.90 Å². The van der Waals surface area contributed by atoms with Crippen LogP contribution >= 0.6 is 11.6 Å². The number of halogens is 1. The van der Waals surface area contributed by atoms with E-state index in [1.807, 2.05) is 0 Å². The molecule has 0 aliphatic rings. The number of sulfonamides is 1. The largest absolute Gasteiger partial charge is 0.479 e. The van der Waals surface area contributed by atoms with Crippen LogP contribution in [-0.4, -0.2) is 25.4 Å². The Morgan fingerprint density at radius 3 is 2.57 bits per heavy atom. The number of ether oxygens (including phenoxy) is 1. The van der Waals surface area contributed by atoms with Gasteiger partial charge in [-0.15, -0.1) is 0 Å². The summed E-state index contributed by atoms with van der Waals surface area (Å²) in [6.07, 6.45) is -0.908. The summed E-state index contributed by atoms with van der Waals surface area (Å²) in [5, 5.41) is 5.55. The van der Waals surface area contributed by atoms with Crippen LogP contribution in [0.3, 0.4) is 0 Å². The molecule has 0 spiro atoms. The Morgan fingerprint density at radius 1 is 1.33 bits per heavy atom. The number of aromatic nitrogens is 1. The second-order valence-corrected chi connectivity index (χ2v) is 6.22. The first-order valence-electron chi connectivity index (χ1n) is 5.78. The van der Waals surface area contributed by atoms with E-state index in [1.165, 1.54) is 31.2 Å². The molecule has 1 amide bonds. The summed E-state index contributed by atoms with van der Waals surface area (Å²) >= 11 is 5.82. The summed E-state index contributed by atoms with van der Waals surface area (Å²) in [6, 6.07) is 5.52. The number of amides is 1. The van der Waals surface area contributed by atoms with Crippen molar-refractivity contribution in [2.75, 3.05) is 0 Å². The van der Waals surface area contributed by atoms with Crippen LogP contribution in [0.1, 0.15) is 6.92 Å². The molecule has 1 aromatic carbocycles. The quantitative estimate of drug-likeness (QED) is 0.802. The van der Waals surface area contributed by atoms with E-state index in [1.54, 1.807) is 0 Å². The number of carbonyl (C=O) groups excluding carboxylic acids is 1. The highest BCUT2D eigenvalue weighted by atomic mass is 35.5. The minimum Gasteiger partial charge on any atom is -0.479 e. The summed E-state index contributed by atoms with van der Waals surface area (Å²) < 4.78 is 28.5. The van der Waals surface area contributed by atoms with E-state index in [0.29, 0.717) is 0 Å². The van der Waals surface area contributed by atoms with Crippen molar-refractivity contribution >= 4 is 38.4 Å². The summed E-state index contributed by atoms with van der Waals surface area (Å²) in [5.41, 5.74) is 5.31. The number of carbonyl (C=O) groups is 1. The van der Waals surface area contributed by atoms with Crippen LogP contribution < -0.4 is 15.6 Å². The molecule has 2 rings (SSSR count). The standard InChI is InChI=1S/C12H12ClN3O4S/c1-6(12(14)17)20-8-3-4-9(21(15,18)19)7-2-5-10(13)16-11(7)8/h2-6H,1H3,(H2,14,17)(H2,15,18,19). The van der Waals surface area contributed by atoms with Crippen LogP contribution in [0.5, 0.6) is 5.75 Å². The Kier molecular flexibility index (Phi) is 4.04. The lowest BCUT2D eigenvalue weighted by molar-refractivity contribution is -0.123. The Bertz CT molecular complexity index is 823. The molecule has 0 radical (unpaired) electrons. The molecule has 21 heavy (non-hydrogen) atoms. The topological polar surface area (TPSA) is 125 Å². The molecular formula is C12H12ClN3O4S. The second kappa shape index (κ2) is 5.47. The molecule has 2 aromatic rings. The van der Waals surface area contributed by atoms with Crippen molar-refractivity contribution in [1.82, 2.24) is 4.98 Å². The smallest absolute Gasteiger partial charge is 0.258 e. The zero-order valence-electron chi connectivity index (χ0n) is 10.9. The van der Waals surface area contributed by atoms with Gasteiger partial charge in [0.25, 0.3) is 5.91 Å². The fraction of sp³-hybridized carbons (Fsp3) is 0.167. The molecule has 0 aliphatic heterocycles. The average Bonchev–Trinajstić information content (AvgIpc) is 2.37. The molecule has 0 fully saturated rings. The van der Waals surface area contributed by atoms with Gasteiger partial charge in [-0.1, -0.05) is 11.6 Å². The first-order valence-corrected chi connectivity index (χ1v) is 7.70. The Labute approximate surface area is 125 Å². The summed E-state index contributed by atoms with van der Waals surface area (Å²) in [4.78, 5) is 15.0. The van der Waals surface area contributed by atoms with Crippen molar-refractivity contribution in [2.24, 2.45) is 10.9 Å². The van der Waals surface area contributed by atoms with Gasteiger partial charge >= 0.3 is 0 Å². The maximum atomic E-state index is 11.6. The van der Waals surface area contributed by atoms with Gasteiger partial charge in [-0.25, -0.2) is 18.5 Å². The lowest BCUT2D eigenvalue weighted by Gasteiger charge is -2.14. The van der Waals surface area contributed by atoms with Gasteiger partial charge in [0.2, 0.25) is 10.0 Å². The van der Waals surface area contributed by atoms with Crippen molar-refractivity contribution in [1.29, 1.82) is 0 Å². The van der Waals surface area contributed by atoms with Crippen LogP contribution in [-0.2, 0) is 14.8 Å². The molecule has 0 saturated carbocycles. The fourth-order valence-corrected chi connectivity index (χ4v) is 2.61. The van der Waals surface area contributed by atoms with Gasteiger partial charge in [0.1, 0.15) is 16.4 Å². The number of hydrogen-bond donors (Lipinski definition) is 2. The van der Waals surface area contributed by atoms with Crippen LogP contribution in [0.4, 0.5) is 0 Å². The zero-order chi connectivity index (χ0) is 15.8. The molecular weight excluding hydrogens is 318 g/mol. The van der Waals surface area contributed by atoms with Crippen LogP contribution in [0, 0.1) is 0 Å². The number of nitrogens with two attached hydrogens (primary N) is 2. The third-order valence-corrected chi connectivity index (χ3v) is 3.94. The van der Waals surface area contributed by atoms with Crippen LogP contribution in [0.25, 0.3) is 10.9 Å². The Hall–Kier alpha value is -1.90. The molecule has 112 valence electrons. The van der Waals surface area contributed by atoms with Gasteiger partial charge in [-0.05, 0) is 31.2 Å².